The Morgan fingerprint density at radius 1 is 1.33 bits per heavy atom. The molecule has 0 aliphatic heterocycles. The van der Waals surface area contributed by atoms with Crippen LogP contribution in [0.4, 0.5) is 0 Å². The molecule has 0 aromatic heterocycles. The molecule has 3 saturated carbocycles. The van der Waals surface area contributed by atoms with E-state index in [1.807, 2.05) is 0 Å². The van der Waals surface area contributed by atoms with Gasteiger partial charge in [-0.05, 0) is 41.9 Å². The second-order valence-corrected chi connectivity index (χ2v) is 4.63. The molecule has 0 N–H and O–H groups in total. The van der Waals surface area contributed by atoms with Gasteiger partial charge in [0.05, 0.1) is 0 Å². The number of rotatable bonds is 0. The lowest BCUT2D eigenvalue weighted by Gasteiger charge is -2.28. The summed E-state index contributed by atoms with van der Waals surface area (Å²) in [6.07, 6.45) is 3.14. The van der Waals surface area contributed by atoms with Crippen molar-refractivity contribution in [3.8, 4) is 0 Å². The summed E-state index contributed by atoms with van der Waals surface area (Å²) in [7, 11) is 0. The zero-order chi connectivity index (χ0) is 6.22. The first-order valence-electron chi connectivity index (χ1n) is 4.24. The fourth-order valence-electron chi connectivity index (χ4n) is 3.82. The van der Waals surface area contributed by atoms with Gasteiger partial charge in [0.15, 0.2) is 0 Å². The van der Waals surface area contributed by atoms with Crippen LogP contribution in [0.2, 0.25) is 0 Å². The predicted octanol–water partition coefficient (Wildman–Crippen LogP) is 2.30. The molecule has 0 bridgehead atoms. The van der Waals surface area contributed by atoms with Crippen molar-refractivity contribution < 1.29 is 0 Å². The molecule has 0 spiro atoms. The maximum Gasteiger partial charge on any atom is -0.0235 e. The summed E-state index contributed by atoms with van der Waals surface area (Å²) in [4.78, 5) is 0. The summed E-state index contributed by atoms with van der Waals surface area (Å²) in [5.41, 5.74) is 0.852. The van der Waals surface area contributed by atoms with Gasteiger partial charge in [-0.2, -0.15) is 0 Å². The van der Waals surface area contributed by atoms with Gasteiger partial charge in [0.1, 0.15) is 0 Å². The van der Waals surface area contributed by atoms with Crippen molar-refractivity contribution in [1.82, 2.24) is 0 Å². The summed E-state index contributed by atoms with van der Waals surface area (Å²) in [5.74, 6) is 4.62. The second-order valence-electron chi connectivity index (χ2n) is 4.63. The standard InChI is InChI=1S/C9H14/c1-5-3-6-4-7-8(6)9(5,7)2/h5-8H,3-4H2,1-2H3. The zero-order valence-electron chi connectivity index (χ0n) is 6.22. The molecular weight excluding hydrogens is 108 g/mol. The van der Waals surface area contributed by atoms with Crippen LogP contribution in [0.1, 0.15) is 26.7 Å². The van der Waals surface area contributed by atoms with Gasteiger partial charge in [0, 0.05) is 0 Å². The minimum atomic E-state index is 0.852. The first-order valence-corrected chi connectivity index (χ1v) is 4.24. The van der Waals surface area contributed by atoms with Crippen molar-refractivity contribution in [1.29, 1.82) is 0 Å². The minimum Gasteiger partial charge on any atom is -0.0620 e. The van der Waals surface area contributed by atoms with E-state index >= 15 is 0 Å². The molecule has 5 atom stereocenters. The van der Waals surface area contributed by atoms with E-state index < -0.39 is 0 Å². The van der Waals surface area contributed by atoms with Crippen molar-refractivity contribution in [3.05, 3.63) is 0 Å². The van der Waals surface area contributed by atoms with Gasteiger partial charge in [-0.15, -0.1) is 0 Å². The van der Waals surface area contributed by atoms with Gasteiger partial charge in [-0.25, -0.2) is 0 Å². The van der Waals surface area contributed by atoms with Crippen molar-refractivity contribution in [2.45, 2.75) is 26.7 Å². The molecule has 0 heterocycles. The van der Waals surface area contributed by atoms with Gasteiger partial charge >= 0.3 is 0 Å². The molecule has 3 aliphatic rings. The smallest absolute Gasteiger partial charge is 0.0235 e. The van der Waals surface area contributed by atoms with Crippen LogP contribution in [-0.4, -0.2) is 0 Å². The summed E-state index contributed by atoms with van der Waals surface area (Å²) >= 11 is 0. The third kappa shape index (κ3) is 0.281. The van der Waals surface area contributed by atoms with Crippen molar-refractivity contribution in [2.75, 3.05) is 0 Å². The van der Waals surface area contributed by atoms with E-state index in [-0.39, 0.29) is 0 Å². The zero-order valence-corrected chi connectivity index (χ0v) is 6.22. The minimum absolute atomic E-state index is 0.852. The molecule has 3 rings (SSSR count). The first kappa shape index (κ1) is 4.76. The molecule has 3 fully saturated rings. The Morgan fingerprint density at radius 2 is 2.11 bits per heavy atom. The van der Waals surface area contributed by atoms with Crippen molar-refractivity contribution in [2.24, 2.45) is 29.1 Å². The van der Waals surface area contributed by atoms with E-state index in [1.165, 1.54) is 17.8 Å². The Balaban J connectivity index is 2.05. The van der Waals surface area contributed by atoms with E-state index in [1.54, 1.807) is 12.8 Å². The molecule has 0 amide bonds. The Kier molecular flexibility index (Phi) is 0.518. The van der Waals surface area contributed by atoms with Crippen molar-refractivity contribution >= 4 is 0 Å². The van der Waals surface area contributed by atoms with Crippen LogP contribution in [0.25, 0.3) is 0 Å². The lowest BCUT2D eigenvalue weighted by Crippen LogP contribution is -2.19. The van der Waals surface area contributed by atoms with Crippen LogP contribution >= 0.6 is 0 Å². The third-order valence-electron chi connectivity index (χ3n) is 4.62. The number of fused-ring (bicyclic) bond motifs is 1. The summed E-state index contributed by atoms with van der Waals surface area (Å²) < 4.78 is 0. The molecule has 0 nitrogen and oxygen atoms in total. The van der Waals surface area contributed by atoms with Gasteiger partial charge in [-0.1, -0.05) is 13.8 Å². The Hall–Kier alpha value is 0. The highest BCUT2D eigenvalue weighted by molar-refractivity contribution is 5.24. The molecule has 0 saturated heterocycles. The van der Waals surface area contributed by atoms with Gasteiger partial charge in [0.25, 0.3) is 0 Å². The fourth-order valence-corrected chi connectivity index (χ4v) is 3.82. The van der Waals surface area contributed by atoms with Crippen LogP contribution in [0.5, 0.6) is 0 Å². The largest absolute Gasteiger partial charge is 0.0620 e. The lowest BCUT2D eigenvalue weighted by atomic mass is 9.77. The Bertz CT molecular complexity index is 165. The molecular formula is C9H14. The molecule has 0 aromatic carbocycles. The van der Waals surface area contributed by atoms with E-state index in [2.05, 4.69) is 13.8 Å². The van der Waals surface area contributed by atoms with Crippen LogP contribution in [-0.2, 0) is 0 Å². The quantitative estimate of drug-likeness (QED) is 0.462. The molecule has 0 radical (unpaired) electrons. The molecule has 3 aliphatic carbocycles. The average molecular weight is 122 g/mol. The Morgan fingerprint density at radius 3 is 2.33 bits per heavy atom. The van der Waals surface area contributed by atoms with Crippen LogP contribution in [0.15, 0.2) is 0 Å². The highest BCUT2D eigenvalue weighted by Gasteiger charge is 2.76. The van der Waals surface area contributed by atoms with Gasteiger partial charge < -0.3 is 0 Å². The molecule has 50 valence electrons. The third-order valence-corrected chi connectivity index (χ3v) is 4.62. The highest BCUT2D eigenvalue weighted by atomic mass is 14.8. The van der Waals surface area contributed by atoms with E-state index in [9.17, 15) is 0 Å². The SMILES string of the molecule is CC1CC2CC3C2C13C. The topological polar surface area (TPSA) is 0 Å². The lowest BCUT2D eigenvalue weighted by molar-refractivity contribution is 0.216. The van der Waals surface area contributed by atoms with Gasteiger partial charge in [0.2, 0.25) is 0 Å². The molecule has 9 heavy (non-hydrogen) atoms. The van der Waals surface area contributed by atoms with E-state index in [4.69, 9.17) is 0 Å². The highest BCUT2D eigenvalue weighted by Crippen LogP contribution is 2.82. The molecule has 0 heteroatoms. The van der Waals surface area contributed by atoms with Crippen LogP contribution in [0.3, 0.4) is 0 Å². The van der Waals surface area contributed by atoms with Crippen molar-refractivity contribution in [3.63, 3.8) is 0 Å². The second kappa shape index (κ2) is 0.980. The summed E-state index contributed by atoms with van der Waals surface area (Å²) in [6.45, 7) is 4.96. The normalized spacial score (nSPS) is 75.3. The first-order chi connectivity index (χ1) is 4.24. The van der Waals surface area contributed by atoms with Gasteiger partial charge in [-0.3, -0.25) is 0 Å². The Labute approximate surface area is 56.6 Å². The van der Waals surface area contributed by atoms with E-state index in [0.717, 1.165) is 11.3 Å². The number of hydrogen-bond acceptors (Lipinski definition) is 0. The fraction of sp³-hybridized carbons (Fsp3) is 1.00. The monoisotopic (exact) mass is 122 g/mol. The number of hydrogen-bond donors (Lipinski definition) is 0. The van der Waals surface area contributed by atoms with Crippen LogP contribution in [0, 0.1) is 29.1 Å². The molecule has 5 unspecified atom stereocenters. The molecule has 0 aromatic rings. The predicted molar refractivity (Wildman–Crippen MR) is 37.0 cm³/mol. The maximum atomic E-state index is 2.51. The average Bonchev–Trinajstić information content (AvgIpc) is 2.14. The maximum absolute atomic E-state index is 2.51. The summed E-state index contributed by atoms with van der Waals surface area (Å²) in [6, 6.07) is 0. The van der Waals surface area contributed by atoms with Crippen LogP contribution < -0.4 is 0 Å². The van der Waals surface area contributed by atoms with E-state index in [0.29, 0.717) is 0 Å². The summed E-state index contributed by atoms with van der Waals surface area (Å²) in [5, 5.41) is 0.